The predicted octanol–water partition coefficient (Wildman–Crippen LogP) is 2.76. The van der Waals surface area contributed by atoms with Crippen LogP contribution < -0.4 is 15.5 Å². The first-order valence-corrected chi connectivity index (χ1v) is 11.7. The molecular weight excluding hydrogens is 384 g/mol. The van der Waals surface area contributed by atoms with E-state index in [0.717, 1.165) is 36.6 Å². The zero-order valence-corrected chi connectivity index (χ0v) is 18.8. The lowest BCUT2D eigenvalue weighted by Crippen LogP contribution is -2.38. The van der Waals surface area contributed by atoms with Gasteiger partial charge in [0.15, 0.2) is 15.8 Å². The lowest BCUT2D eigenvalue weighted by atomic mass is 10.1. The van der Waals surface area contributed by atoms with Crippen LogP contribution in [0.25, 0.3) is 0 Å². The fraction of sp³-hybridized carbons (Fsp3) is 0.409. The third-order valence-electron chi connectivity index (χ3n) is 4.56. The van der Waals surface area contributed by atoms with Gasteiger partial charge in [0.05, 0.1) is 11.4 Å². The van der Waals surface area contributed by atoms with Crippen molar-refractivity contribution in [1.82, 2.24) is 10.6 Å². The van der Waals surface area contributed by atoms with Crippen LogP contribution in [0.5, 0.6) is 0 Å². The molecule has 0 aliphatic heterocycles. The summed E-state index contributed by atoms with van der Waals surface area (Å²) in [7, 11) is 0.868. The van der Waals surface area contributed by atoms with Gasteiger partial charge in [-0.3, -0.25) is 0 Å². The maximum atomic E-state index is 11.8. The highest BCUT2D eigenvalue weighted by Gasteiger charge is 2.10. The van der Waals surface area contributed by atoms with E-state index in [1.165, 1.54) is 17.5 Å². The Balaban J connectivity index is 1.96. The van der Waals surface area contributed by atoms with Crippen LogP contribution in [-0.4, -0.2) is 47.8 Å². The van der Waals surface area contributed by atoms with E-state index in [0.29, 0.717) is 11.4 Å². The van der Waals surface area contributed by atoms with E-state index in [2.05, 4.69) is 44.8 Å². The number of guanidine groups is 1. The van der Waals surface area contributed by atoms with E-state index in [4.69, 9.17) is 0 Å². The second kappa shape index (κ2) is 10.3. The van der Waals surface area contributed by atoms with Crippen LogP contribution in [0.15, 0.2) is 52.4 Å². The summed E-state index contributed by atoms with van der Waals surface area (Å²) in [5.74, 6) is 0.752. The van der Waals surface area contributed by atoms with Crippen molar-refractivity contribution in [2.45, 2.75) is 31.7 Å². The maximum absolute atomic E-state index is 11.8. The van der Waals surface area contributed by atoms with Gasteiger partial charge in [0, 0.05) is 39.1 Å². The number of aliphatic imine (C=N–C) groups is 1. The molecule has 29 heavy (non-hydrogen) atoms. The largest absolute Gasteiger partial charge is 0.378 e. The third kappa shape index (κ3) is 7.09. The standard InChI is InChI=1S/C22H32N4O2S/c1-6-23-22(24-14-13-18-7-10-20(11-8-18)26(3)4)25-16-19-9-12-21(17(2)15-19)29(5,27)28/h7-12,15H,6,13-14,16H2,1-5H3,(H2,23,24,25). The number of hydrogen-bond donors (Lipinski definition) is 2. The second-order valence-electron chi connectivity index (χ2n) is 7.30. The summed E-state index contributed by atoms with van der Waals surface area (Å²) in [6.07, 6.45) is 2.13. The zero-order valence-electron chi connectivity index (χ0n) is 18.0. The molecule has 2 aromatic carbocycles. The fourth-order valence-electron chi connectivity index (χ4n) is 3.02. The van der Waals surface area contributed by atoms with E-state index in [-0.39, 0.29) is 0 Å². The first-order chi connectivity index (χ1) is 13.7. The van der Waals surface area contributed by atoms with Crippen LogP contribution in [0.3, 0.4) is 0 Å². The quantitative estimate of drug-likeness (QED) is 0.511. The Hall–Kier alpha value is -2.54. The van der Waals surface area contributed by atoms with Gasteiger partial charge in [0.25, 0.3) is 0 Å². The van der Waals surface area contributed by atoms with Gasteiger partial charge in [-0.15, -0.1) is 0 Å². The molecule has 0 unspecified atom stereocenters. The molecule has 158 valence electrons. The summed E-state index contributed by atoms with van der Waals surface area (Å²) in [4.78, 5) is 7.08. The van der Waals surface area contributed by atoms with Crippen molar-refractivity contribution in [3.63, 3.8) is 0 Å². The van der Waals surface area contributed by atoms with E-state index >= 15 is 0 Å². The van der Waals surface area contributed by atoms with E-state index in [9.17, 15) is 8.42 Å². The molecule has 0 bridgehead atoms. The van der Waals surface area contributed by atoms with Gasteiger partial charge in [0.2, 0.25) is 0 Å². The number of aryl methyl sites for hydroxylation is 1. The van der Waals surface area contributed by atoms with Gasteiger partial charge < -0.3 is 15.5 Å². The summed E-state index contributed by atoms with van der Waals surface area (Å²) >= 11 is 0. The Bertz CT molecular complexity index is 936. The summed E-state index contributed by atoms with van der Waals surface area (Å²) in [5.41, 5.74) is 4.19. The first-order valence-electron chi connectivity index (χ1n) is 9.78. The monoisotopic (exact) mass is 416 g/mol. The minimum absolute atomic E-state index is 0.371. The van der Waals surface area contributed by atoms with Gasteiger partial charge in [-0.1, -0.05) is 24.3 Å². The van der Waals surface area contributed by atoms with E-state index in [1.807, 2.05) is 40.1 Å². The van der Waals surface area contributed by atoms with Crippen molar-refractivity contribution < 1.29 is 8.42 Å². The number of benzene rings is 2. The Kier molecular flexibility index (Phi) is 8.08. The molecule has 0 aliphatic rings. The molecule has 2 N–H and O–H groups in total. The molecule has 0 spiro atoms. The van der Waals surface area contributed by atoms with Crippen molar-refractivity contribution in [2.24, 2.45) is 4.99 Å². The van der Waals surface area contributed by atoms with Crippen LogP contribution >= 0.6 is 0 Å². The number of nitrogens with one attached hydrogen (secondary N) is 2. The molecule has 0 amide bonds. The molecule has 0 aliphatic carbocycles. The molecule has 0 atom stereocenters. The van der Waals surface area contributed by atoms with Crippen LogP contribution in [0.4, 0.5) is 5.69 Å². The molecule has 0 radical (unpaired) electrons. The molecule has 2 aromatic rings. The van der Waals surface area contributed by atoms with Crippen LogP contribution in [-0.2, 0) is 22.8 Å². The summed E-state index contributed by atoms with van der Waals surface area (Å²) in [5, 5.41) is 6.61. The van der Waals surface area contributed by atoms with Crippen molar-refractivity contribution in [2.75, 3.05) is 38.3 Å². The smallest absolute Gasteiger partial charge is 0.191 e. The summed E-state index contributed by atoms with van der Waals surface area (Å²) in [6.45, 7) is 5.88. The second-order valence-corrected chi connectivity index (χ2v) is 9.29. The van der Waals surface area contributed by atoms with Gasteiger partial charge >= 0.3 is 0 Å². The van der Waals surface area contributed by atoms with Crippen molar-refractivity contribution in [3.8, 4) is 0 Å². The number of rotatable bonds is 8. The highest BCUT2D eigenvalue weighted by atomic mass is 32.2. The van der Waals surface area contributed by atoms with Crippen LogP contribution in [0.1, 0.15) is 23.6 Å². The fourth-order valence-corrected chi connectivity index (χ4v) is 3.98. The highest BCUT2D eigenvalue weighted by molar-refractivity contribution is 7.90. The minimum atomic E-state index is -3.20. The molecule has 0 saturated carbocycles. The van der Waals surface area contributed by atoms with Crippen LogP contribution in [0.2, 0.25) is 0 Å². The molecule has 0 heterocycles. The Morgan fingerprint density at radius 2 is 1.69 bits per heavy atom. The number of nitrogens with zero attached hydrogens (tertiary/aromatic N) is 2. The molecular formula is C22H32N4O2S. The molecule has 0 fully saturated rings. The maximum Gasteiger partial charge on any atom is 0.191 e. The Morgan fingerprint density at radius 1 is 1.03 bits per heavy atom. The van der Waals surface area contributed by atoms with E-state index in [1.54, 1.807) is 6.07 Å². The molecule has 2 rings (SSSR count). The third-order valence-corrected chi connectivity index (χ3v) is 5.82. The predicted molar refractivity (Wildman–Crippen MR) is 122 cm³/mol. The molecule has 6 nitrogen and oxygen atoms in total. The normalized spacial score (nSPS) is 12.0. The topological polar surface area (TPSA) is 73.8 Å². The number of sulfone groups is 1. The highest BCUT2D eigenvalue weighted by Crippen LogP contribution is 2.17. The molecule has 7 heteroatoms. The van der Waals surface area contributed by atoms with Crippen molar-refractivity contribution in [1.29, 1.82) is 0 Å². The summed E-state index contributed by atoms with van der Waals surface area (Å²) in [6, 6.07) is 13.9. The average Bonchev–Trinajstić information content (AvgIpc) is 2.65. The molecule has 0 aromatic heterocycles. The van der Waals surface area contributed by atoms with Gasteiger partial charge in [-0.05, 0) is 55.2 Å². The average molecular weight is 417 g/mol. The number of anilines is 1. The lowest BCUT2D eigenvalue weighted by Gasteiger charge is -2.14. The van der Waals surface area contributed by atoms with Gasteiger partial charge in [0.1, 0.15) is 0 Å². The van der Waals surface area contributed by atoms with Crippen molar-refractivity contribution >= 4 is 21.5 Å². The SMILES string of the molecule is CCNC(=NCc1ccc(S(C)(=O)=O)c(C)c1)NCCc1ccc(N(C)C)cc1. The zero-order chi connectivity index (χ0) is 21.4. The first kappa shape index (κ1) is 22.7. The Labute approximate surface area is 175 Å². The number of hydrogen-bond acceptors (Lipinski definition) is 4. The van der Waals surface area contributed by atoms with Gasteiger partial charge in [-0.2, -0.15) is 0 Å². The lowest BCUT2D eigenvalue weighted by molar-refractivity contribution is 0.601. The minimum Gasteiger partial charge on any atom is -0.378 e. The Morgan fingerprint density at radius 3 is 2.24 bits per heavy atom. The summed E-state index contributed by atoms with van der Waals surface area (Å²) < 4.78 is 23.5. The molecule has 0 saturated heterocycles. The van der Waals surface area contributed by atoms with Crippen LogP contribution in [0, 0.1) is 6.92 Å². The van der Waals surface area contributed by atoms with Gasteiger partial charge in [-0.25, -0.2) is 13.4 Å². The van der Waals surface area contributed by atoms with E-state index < -0.39 is 9.84 Å². The van der Waals surface area contributed by atoms with Crippen molar-refractivity contribution in [3.05, 3.63) is 59.2 Å².